The predicted molar refractivity (Wildman–Crippen MR) is 149 cm³/mol. The quantitative estimate of drug-likeness (QED) is 0.279. The second kappa shape index (κ2) is 10.3. The molecule has 0 spiro atoms. The lowest BCUT2D eigenvalue weighted by atomic mass is 10.0. The van der Waals surface area contributed by atoms with Crippen LogP contribution in [0.4, 0.5) is 28.8 Å². The Bertz CT molecular complexity index is 1360. The lowest BCUT2D eigenvalue weighted by Gasteiger charge is -2.36. The molecule has 9 nitrogen and oxygen atoms in total. The Balaban J connectivity index is 1.34. The van der Waals surface area contributed by atoms with E-state index in [1.807, 2.05) is 19.2 Å². The van der Waals surface area contributed by atoms with E-state index in [9.17, 15) is 0 Å². The topological polar surface area (TPSA) is 94.2 Å². The Morgan fingerprint density at radius 2 is 1.89 bits per heavy atom. The number of aromatic nitrogens is 4. The number of nitrogens with one attached hydrogen (secondary N) is 3. The molecule has 36 heavy (non-hydrogen) atoms. The van der Waals surface area contributed by atoms with E-state index in [1.165, 1.54) is 5.69 Å². The minimum absolute atomic E-state index is 0.473. The Morgan fingerprint density at radius 3 is 2.64 bits per heavy atom. The van der Waals surface area contributed by atoms with Crippen LogP contribution in [0.3, 0.4) is 0 Å². The van der Waals surface area contributed by atoms with Crippen molar-refractivity contribution in [3.8, 4) is 5.75 Å². The summed E-state index contributed by atoms with van der Waals surface area (Å²) in [6.07, 6.45) is 5.86. The zero-order chi connectivity index (χ0) is 25.2. The van der Waals surface area contributed by atoms with Crippen molar-refractivity contribution in [3.63, 3.8) is 0 Å². The number of fused-ring (bicyclic) bond motifs is 1. The standard InChI is InChI=1S/C26H31BrN8O/c1-16-11-23-17(14-29-33-23)12-22(16)30-25-20(27)15-28-26(32-25)31-21-6-5-19(13-24(21)36-4)35-9-7-18(8-10-35)34(2)3/h5-6,11-15,18H,7-10H2,1-4H3,(H,29,33)(H2,28,30,31,32). The van der Waals surface area contributed by atoms with Crippen molar-refractivity contribution in [2.75, 3.05) is 49.8 Å². The van der Waals surface area contributed by atoms with Crippen molar-refractivity contribution < 1.29 is 4.74 Å². The highest BCUT2D eigenvalue weighted by atomic mass is 79.9. The number of aryl methyl sites for hydroxylation is 1. The number of benzene rings is 2. The van der Waals surface area contributed by atoms with Gasteiger partial charge in [0.2, 0.25) is 5.95 Å². The molecule has 3 heterocycles. The van der Waals surface area contributed by atoms with Gasteiger partial charge in [0.1, 0.15) is 11.6 Å². The number of aromatic amines is 1. The van der Waals surface area contributed by atoms with E-state index in [0.29, 0.717) is 17.8 Å². The van der Waals surface area contributed by atoms with E-state index in [4.69, 9.17) is 9.72 Å². The molecule has 0 bridgehead atoms. The van der Waals surface area contributed by atoms with Gasteiger partial charge in [-0.25, -0.2) is 4.98 Å². The molecule has 1 saturated heterocycles. The van der Waals surface area contributed by atoms with E-state index in [-0.39, 0.29) is 0 Å². The van der Waals surface area contributed by atoms with Crippen molar-refractivity contribution in [2.24, 2.45) is 0 Å². The summed E-state index contributed by atoms with van der Waals surface area (Å²) in [6.45, 7) is 4.12. The van der Waals surface area contributed by atoms with Crippen LogP contribution in [0, 0.1) is 6.92 Å². The maximum absolute atomic E-state index is 5.72. The lowest BCUT2D eigenvalue weighted by molar-refractivity contribution is 0.249. The van der Waals surface area contributed by atoms with Crippen LogP contribution in [0.25, 0.3) is 10.9 Å². The summed E-state index contributed by atoms with van der Waals surface area (Å²) in [6, 6.07) is 11.0. The van der Waals surface area contributed by atoms with Crippen molar-refractivity contribution >= 4 is 55.7 Å². The Kier molecular flexibility index (Phi) is 6.97. The number of rotatable bonds is 7. The highest BCUT2D eigenvalue weighted by Gasteiger charge is 2.21. The molecular weight excluding hydrogens is 520 g/mol. The molecule has 0 unspecified atom stereocenters. The number of ether oxygens (including phenoxy) is 1. The molecule has 0 radical (unpaired) electrons. The minimum Gasteiger partial charge on any atom is -0.494 e. The molecule has 3 N–H and O–H groups in total. The molecule has 188 valence electrons. The fourth-order valence-electron chi connectivity index (χ4n) is 4.62. The largest absolute Gasteiger partial charge is 0.494 e. The van der Waals surface area contributed by atoms with Gasteiger partial charge in [-0.15, -0.1) is 0 Å². The maximum Gasteiger partial charge on any atom is 0.229 e. The van der Waals surface area contributed by atoms with Crippen molar-refractivity contribution in [1.82, 2.24) is 25.1 Å². The Hall–Kier alpha value is -3.37. The van der Waals surface area contributed by atoms with Crippen molar-refractivity contribution in [3.05, 3.63) is 52.8 Å². The summed E-state index contributed by atoms with van der Waals surface area (Å²) in [4.78, 5) is 13.9. The van der Waals surface area contributed by atoms with Crippen molar-refractivity contribution in [2.45, 2.75) is 25.8 Å². The van der Waals surface area contributed by atoms with Crippen LogP contribution in [0.5, 0.6) is 5.75 Å². The Labute approximate surface area is 219 Å². The third-order valence-corrected chi connectivity index (χ3v) is 7.35. The van der Waals surface area contributed by atoms with Gasteiger partial charge in [-0.2, -0.15) is 10.1 Å². The SMILES string of the molecule is COc1cc(N2CCC(N(C)C)CC2)ccc1Nc1ncc(Br)c(Nc2cc3cn[nH]c3cc2C)n1. The van der Waals surface area contributed by atoms with Crippen molar-refractivity contribution in [1.29, 1.82) is 0 Å². The molecule has 2 aromatic heterocycles. The smallest absolute Gasteiger partial charge is 0.229 e. The molecule has 2 aromatic carbocycles. The van der Waals surface area contributed by atoms with E-state index < -0.39 is 0 Å². The summed E-state index contributed by atoms with van der Waals surface area (Å²) in [7, 11) is 6.01. The van der Waals surface area contributed by atoms with E-state index >= 15 is 0 Å². The Morgan fingerprint density at radius 1 is 1.08 bits per heavy atom. The van der Waals surface area contributed by atoms with Gasteiger partial charge in [-0.05, 0) is 79.6 Å². The summed E-state index contributed by atoms with van der Waals surface area (Å²) < 4.78 is 6.49. The zero-order valence-electron chi connectivity index (χ0n) is 21.0. The normalized spacial score (nSPS) is 14.4. The fourth-order valence-corrected chi connectivity index (χ4v) is 4.91. The first-order chi connectivity index (χ1) is 17.4. The van der Waals surface area contributed by atoms with Crippen LogP contribution in [0.15, 0.2) is 47.2 Å². The second-order valence-electron chi connectivity index (χ2n) is 9.33. The molecule has 1 aliphatic rings. The van der Waals surface area contributed by atoms with Crippen LogP contribution in [0.2, 0.25) is 0 Å². The number of piperidine rings is 1. The van der Waals surface area contributed by atoms with Gasteiger partial charge in [-0.1, -0.05) is 0 Å². The first kappa shape index (κ1) is 24.3. The average Bonchev–Trinajstić information content (AvgIpc) is 3.33. The zero-order valence-corrected chi connectivity index (χ0v) is 22.6. The number of halogens is 1. The van der Waals surface area contributed by atoms with Crippen LogP contribution < -0.4 is 20.3 Å². The number of anilines is 5. The van der Waals surface area contributed by atoms with Crippen LogP contribution in [-0.4, -0.2) is 65.4 Å². The maximum atomic E-state index is 5.72. The molecule has 0 amide bonds. The minimum atomic E-state index is 0.473. The van der Waals surface area contributed by atoms with Crippen LogP contribution >= 0.6 is 15.9 Å². The highest BCUT2D eigenvalue weighted by Crippen LogP contribution is 2.34. The third-order valence-electron chi connectivity index (χ3n) is 6.77. The number of H-pyrrole nitrogens is 1. The van der Waals surface area contributed by atoms with E-state index in [1.54, 1.807) is 13.3 Å². The molecule has 4 aromatic rings. The first-order valence-electron chi connectivity index (χ1n) is 12.0. The molecule has 0 atom stereocenters. The summed E-state index contributed by atoms with van der Waals surface area (Å²) in [5, 5.41) is 14.9. The first-order valence-corrected chi connectivity index (χ1v) is 12.8. The number of nitrogens with zero attached hydrogens (tertiary/aromatic N) is 5. The molecule has 10 heteroatoms. The molecule has 1 fully saturated rings. The molecule has 0 aliphatic carbocycles. The molecule has 1 aliphatic heterocycles. The van der Waals surface area contributed by atoms with Crippen LogP contribution in [0.1, 0.15) is 18.4 Å². The highest BCUT2D eigenvalue weighted by molar-refractivity contribution is 9.10. The summed E-state index contributed by atoms with van der Waals surface area (Å²) in [5.41, 5.74) is 5.01. The number of hydrogen-bond acceptors (Lipinski definition) is 8. The summed E-state index contributed by atoms with van der Waals surface area (Å²) >= 11 is 3.57. The van der Waals surface area contributed by atoms with Gasteiger partial charge in [-0.3, -0.25) is 5.10 Å². The monoisotopic (exact) mass is 550 g/mol. The number of methoxy groups -OCH3 is 1. The molecular formula is C26H31BrN8O. The van der Waals surface area contributed by atoms with Gasteiger partial charge >= 0.3 is 0 Å². The average molecular weight is 551 g/mol. The molecule has 0 saturated carbocycles. The van der Waals surface area contributed by atoms with Gasteiger partial charge < -0.3 is 25.2 Å². The van der Waals surface area contributed by atoms with E-state index in [0.717, 1.165) is 64.0 Å². The van der Waals surface area contributed by atoms with Gasteiger partial charge in [0, 0.05) is 48.2 Å². The summed E-state index contributed by atoms with van der Waals surface area (Å²) in [5.74, 6) is 1.89. The second-order valence-corrected chi connectivity index (χ2v) is 10.2. The molecule has 5 rings (SSSR count). The lowest BCUT2D eigenvalue weighted by Crippen LogP contribution is -2.41. The van der Waals surface area contributed by atoms with Gasteiger partial charge in [0.25, 0.3) is 0 Å². The van der Waals surface area contributed by atoms with Gasteiger partial charge in [0.05, 0.1) is 29.0 Å². The predicted octanol–water partition coefficient (Wildman–Crippen LogP) is 5.45. The van der Waals surface area contributed by atoms with Crippen LogP contribution in [-0.2, 0) is 0 Å². The number of hydrogen-bond donors (Lipinski definition) is 3. The van der Waals surface area contributed by atoms with E-state index in [2.05, 4.69) is 89.9 Å². The third kappa shape index (κ3) is 5.10. The van der Waals surface area contributed by atoms with Gasteiger partial charge in [0.15, 0.2) is 0 Å². The fraction of sp³-hybridized carbons (Fsp3) is 0.346.